The van der Waals surface area contributed by atoms with Crippen molar-refractivity contribution in [3.63, 3.8) is 0 Å². The lowest BCUT2D eigenvalue weighted by Gasteiger charge is -2.33. The zero-order valence-corrected chi connectivity index (χ0v) is 74.4. The number of fused-ring (bicyclic) bond motifs is 6. The number of hydrogen-bond acceptors (Lipinski definition) is 25. The van der Waals surface area contributed by atoms with Gasteiger partial charge in [-0.2, -0.15) is 35.3 Å². The average Bonchev–Trinajstić information content (AvgIpc) is 0.827. The van der Waals surface area contributed by atoms with E-state index in [1.165, 1.54) is 27.7 Å². The number of hydrogen-bond donors (Lipinski definition) is 22. The predicted octanol–water partition coefficient (Wildman–Crippen LogP) is -2.81. The Balaban J connectivity index is 1.56. The van der Waals surface area contributed by atoms with E-state index in [2.05, 4.69) is 74.4 Å². The largest absolute Gasteiger partial charge is 0.481 e. The van der Waals surface area contributed by atoms with Gasteiger partial charge in [0, 0.05) is 66.4 Å². The Morgan fingerprint density at radius 2 is 0.922 bits per heavy atom. The summed E-state index contributed by atoms with van der Waals surface area (Å²) in [4.78, 5) is 266. The van der Waals surface area contributed by atoms with Gasteiger partial charge >= 0.3 is 23.9 Å². The number of nitrogens with two attached hydrogens (primary N) is 3. The molecule has 0 saturated carbocycles. The Morgan fingerprint density at radius 1 is 0.469 bits per heavy atom. The van der Waals surface area contributed by atoms with E-state index in [1.54, 1.807) is 119 Å². The maximum absolute atomic E-state index is 15.3. The number of rotatable bonds is 22. The summed E-state index contributed by atoms with van der Waals surface area (Å²) >= 11 is 3.12. The van der Waals surface area contributed by atoms with Crippen molar-refractivity contribution in [2.24, 2.45) is 28.5 Å². The van der Waals surface area contributed by atoms with E-state index in [1.807, 2.05) is 0 Å². The molecule has 1 unspecified atom stereocenters. The van der Waals surface area contributed by atoms with Gasteiger partial charge in [-0.3, -0.25) is 91.1 Å². The molecular weight excluding hydrogens is 1730 g/mol. The van der Waals surface area contributed by atoms with Crippen LogP contribution in [0.1, 0.15) is 135 Å². The van der Waals surface area contributed by atoms with Gasteiger partial charge in [0.2, 0.25) is 88.6 Å². The third kappa shape index (κ3) is 35.0. The van der Waals surface area contributed by atoms with E-state index in [0.29, 0.717) is 38.6 Å². The van der Waals surface area contributed by atoms with E-state index in [0.717, 1.165) is 35.3 Å². The smallest absolute Gasteiger partial charge is 0.305 e. The van der Waals surface area contributed by atoms with Gasteiger partial charge in [0.25, 0.3) is 0 Å². The lowest BCUT2D eigenvalue weighted by molar-refractivity contribution is -0.142. The highest BCUT2D eigenvalue weighted by Crippen LogP contribution is 2.27. The van der Waals surface area contributed by atoms with Crippen LogP contribution in [0.5, 0.6) is 0 Å². The highest BCUT2D eigenvalue weighted by Gasteiger charge is 2.41. The monoisotopic (exact) mass is 1840 g/mol. The van der Waals surface area contributed by atoms with Gasteiger partial charge in [0.15, 0.2) is 0 Å². The summed E-state index contributed by atoms with van der Waals surface area (Å²) in [6.07, 6.45) is -8.08. The summed E-state index contributed by atoms with van der Waals surface area (Å²) < 4.78 is 0. The molecule has 0 saturated heterocycles. The first-order chi connectivity index (χ1) is 60.2. The third-order valence-corrected chi connectivity index (χ3v) is 23.9. The summed E-state index contributed by atoms with van der Waals surface area (Å²) in [7, 11) is 0. The Morgan fingerprint density at radius 3 is 1.45 bits per heavy atom. The molecule has 698 valence electrons. The predicted molar refractivity (Wildman–Crippen MR) is 471 cm³/mol. The molecule has 0 fully saturated rings. The second-order valence-corrected chi connectivity index (χ2v) is 35.7. The molecule has 4 aromatic carbocycles. The Hall–Kier alpha value is -12.0. The van der Waals surface area contributed by atoms with E-state index in [4.69, 9.17) is 17.2 Å². The molecule has 44 heteroatoms. The molecular formula is C84H115N17O24S3. The van der Waals surface area contributed by atoms with Crippen LogP contribution >= 0.6 is 35.3 Å². The number of carbonyl (C=O) groups is 19. The number of thioether (sulfide) groups is 3. The minimum atomic E-state index is -2.05. The van der Waals surface area contributed by atoms with Crippen molar-refractivity contribution in [2.45, 2.75) is 234 Å². The number of primary amides is 2. The minimum absolute atomic E-state index is 0.00647. The first-order valence-corrected chi connectivity index (χ1v) is 44.6. The van der Waals surface area contributed by atoms with Crippen molar-refractivity contribution in [1.82, 2.24) is 74.4 Å². The summed E-state index contributed by atoms with van der Waals surface area (Å²) in [6.45, 7) is 10.9. The van der Waals surface area contributed by atoms with Gasteiger partial charge in [0.1, 0.15) is 72.5 Å². The minimum Gasteiger partial charge on any atom is -0.481 e. The van der Waals surface area contributed by atoms with Gasteiger partial charge in [0.05, 0.1) is 37.5 Å². The average molecular weight is 1840 g/mol. The van der Waals surface area contributed by atoms with Crippen LogP contribution in [-0.4, -0.2) is 259 Å². The standard InChI is InChI=1S/C84H115N17O24S3/c1-41(45(5)102)25-56-76(118)97-60(33-68(110)111)80(122)101-69(84(6,7)8)83(125)98-61(70(87)112)38-126-35-47-26-48-28-49(27-47)37-128-40-63(82(124)93-55(22-24-66(106)107)75(117)96-59(32-67(108)109)78(120)91-52(34-88-56)29-46-15-10-9-11-16-46)100-73(115)44(4)89-77(119)57(30-51-19-14-18-50-17-12-13-20-53(50)51)95-74(116)54(21-23-65(104)105)92-79(121)58(31-64(86)103)94-72(114)43(3)90-81(123)62(39-127-36-48)99-71(113)42(2)85/h9-20,26-28,41-45,52,54-63,69,88,102H,21-25,29-40,85H2,1-8H3,(H2,86,103)(H2,87,112)(H,89,119)(H,90,123)(H,91,120)(H,92,121)(H,93,124)(H,94,114)(H,95,116)(H,96,117)(H,97,118)(H,98,125)(H,99,113)(H,100,115)(H,101,122)(H,104,105)(H,106,107)(H,108,109)(H,110,111)/t41?,42-,43+,44+,45+,52-,54-,55-,56-,57-,58-,59-,60-,61-,62-,63+,69+/m0/s1. The molecule has 4 bridgehead atoms. The third-order valence-electron chi connectivity index (χ3n) is 20.6. The van der Waals surface area contributed by atoms with Crippen molar-refractivity contribution in [3.05, 3.63) is 119 Å². The van der Waals surface area contributed by atoms with Crippen molar-refractivity contribution in [2.75, 3.05) is 23.8 Å². The summed E-state index contributed by atoms with van der Waals surface area (Å²) in [5, 5.41) is 88.0. The molecule has 0 aliphatic carbocycles. The molecule has 15 amide bonds. The molecule has 25 N–H and O–H groups in total. The maximum Gasteiger partial charge on any atom is 0.305 e. The zero-order chi connectivity index (χ0) is 95.0. The van der Waals surface area contributed by atoms with Crippen LogP contribution in [0.2, 0.25) is 0 Å². The van der Waals surface area contributed by atoms with Crippen LogP contribution < -0.4 is 91.6 Å². The van der Waals surface area contributed by atoms with Crippen LogP contribution in [0.25, 0.3) is 10.8 Å². The molecule has 0 aromatic heterocycles. The SMILES string of the molecule is CC(C[C@@H]1NC[C@H](Cc2ccccc2)NC(=O)[C@H](CC(=O)O)NC(=O)[C@H](CCC(=O)O)NC(=O)[C@H]2CSCc3cc(cc(c3)CSC[C@H](NC(=O)[C@H](C)N)C(=O)N[C@H](C)C(=O)N[C@@H](CC(N)=O)C(=O)N[C@@H](CCC(=O)O)C(=O)N[C@@H](Cc3cccc4ccccc34)C(=O)N[C@H](C)C(=O)N2)CSC[C@@H](C(N)=O)NC(=O)[C@H](C(C)(C)C)NC(=O)[C@H](CC(=O)O)NC1=O)[C@@H](C)O. The summed E-state index contributed by atoms with van der Waals surface area (Å²) in [6, 6.07) is 0.356. The molecule has 0 radical (unpaired) electrons. The summed E-state index contributed by atoms with van der Waals surface area (Å²) in [5.74, 6) is -24.7. The molecule has 2 heterocycles. The van der Waals surface area contributed by atoms with Crippen LogP contribution in [-0.2, 0) is 121 Å². The highest BCUT2D eigenvalue weighted by molar-refractivity contribution is 7.99. The van der Waals surface area contributed by atoms with E-state index in [-0.39, 0.29) is 48.0 Å². The molecule has 0 spiro atoms. The van der Waals surface area contributed by atoms with Gasteiger partial charge in [-0.25, -0.2) is 0 Å². The van der Waals surface area contributed by atoms with Gasteiger partial charge < -0.3 is 117 Å². The fourth-order valence-electron chi connectivity index (χ4n) is 13.4. The first-order valence-electron chi connectivity index (χ1n) is 41.2. The number of carboxylic acid groups (broad SMARTS) is 4. The van der Waals surface area contributed by atoms with E-state index < -0.39 is 278 Å². The number of carboxylic acids is 4. The molecule has 17 atom stereocenters. The second-order valence-electron chi connectivity index (χ2n) is 32.6. The van der Waals surface area contributed by atoms with Crippen molar-refractivity contribution in [3.8, 4) is 0 Å². The zero-order valence-electron chi connectivity index (χ0n) is 71.9. The molecule has 128 heavy (non-hydrogen) atoms. The molecule has 2 aliphatic heterocycles. The second kappa shape index (κ2) is 50.5. The molecule has 4 aromatic rings. The van der Waals surface area contributed by atoms with Gasteiger partial charge in [-0.05, 0) is 103 Å². The van der Waals surface area contributed by atoms with Crippen LogP contribution in [0.4, 0.5) is 0 Å². The number of aliphatic hydroxyl groups excluding tert-OH is 1. The van der Waals surface area contributed by atoms with E-state index in [9.17, 15) is 107 Å². The number of carbonyl (C=O) groups excluding carboxylic acids is 15. The lowest BCUT2D eigenvalue weighted by atomic mass is 9.85. The fraction of sp³-hybridized carbons (Fsp3) is 0.512. The molecule has 2 aliphatic rings. The van der Waals surface area contributed by atoms with Crippen LogP contribution in [0.15, 0.2) is 91.0 Å². The fourth-order valence-corrected chi connectivity index (χ4v) is 16.4. The number of aliphatic hydroxyl groups is 1. The summed E-state index contributed by atoms with van der Waals surface area (Å²) in [5.41, 5.74) is 18.7. The van der Waals surface area contributed by atoms with E-state index >= 15 is 9.59 Å². The van der Waals surface area contributed by atoms with Gasteiger partial charge in [-0.15, -0.1) is 0 Å². The Labute approximate surface area is 750 Å². The number of nitrogens with one attached hydrogen (secondary N) is 14. The Bertz CT molecular complexity index is 4690. The quantitative estimate of drug-likeness (QED) is 0.0378. The first kappa shape index (κ1) is 105. The highest BCUT2D eigenvalue weighted by atomic mass is 32.2. The lowest BCUT2D eigenvalue weighted by Crippen LogP contribution is -2.62. The molecule has 41 nitrogen and oxygen atoms in total. The topological polar surface area (TPSA) is 672 Å². The van der Waals surface area contributed by atoms with Gasteiger partial charge in [-0.1, -0.05) is 119 Å². The number of amides is 15. The maximum atomic E-state index is 15.3. The number of aliphatic carboxylic acids is 4. The van der Waals surface area contributed by atoms with Crippen molar-refractivity contribution in [1.29, 1.82) is 0 Å². The molecule has 6 rings (SSSR count). The number of benzene rings is 4. The van der Waals surface area contributed by atoms with Crippen LogP contribution in [0.3, 0.4) is 0 Å². The van der Waals surface area contributed by atoms with Crippen molar-refractivity contribution < 1.29 is 117 Å². The van der Waals surface area contributed by atoms with Crippen molar-refractivity contribution >= 4 is 159 Å². The normalized spacial score (nSPS) is 24.9. The van der Waals surface area contributed by atoms with Crippen LogP contribution in [0, 0.1) is 11.3 Å². The Kier molecular flexibility index (Phi) is 41.4.